The standard InChI is InChI=1S/C13H28O2/c1-12(2,10-14)8-6-5-7-9-13(3,4)11-15/h14-15H,5-11H2,1-4H3. The highest BCUT2D eigenvalue weighted by molar-refractivity contribution is 4.69. The molecule has 0 atom stereocenters. The van der Waals surface area contributed by atoms with Crippen molar-refractivity contribution in [1.82, 2.24) is 0 Å². The highest BCUT2D eigenvalue weighted by Gasteiger charge is 2.17. The van der Waals surface area contributed by atoms with E-state index in [2.05, 4.69) is 27.7 Å². The van der Waals surface area contributed by atoms with Crippen LogP contribution in [0.4, 0.5) is 0 Å². The van der Waals surface area contributed by atoms with E-state index in [4.69, 9.17) is 10.2 Å². The Morgan fingerprint density at radius 2 is 1.00 bits per heavy atom. The zero-order valence-electron chi connectivity index (χ0n) is 10.8. The molecule has 0 unspecified atom stereocenters. The van der Waals surface area contributed by atoms with Gasteiger partial charge in [0.05, 0.1) is 0 Å². The Bertz CT molecular complexity index is 144. The molecule has 0 fully saturated rings. The van der Waals surface area contributed by atoms with E-state index < -0.39 is 0 Å². The molecule has 0 aromatic rings. The molecule has 0 rings (SSSR count). The van der Waals surface area contributed by atoms with E-state index in [9.17, 15) is 0 Å². The highest BCUT2D eigenvalue weighted by atomic mass is 16.3. The third-order valence-corrected chi connectivity index (χ3v) is 3.06. The molecule has 0 aromatic carbocycles. The third-order valence-electron chi connectivity index (χ3n) is 3.06. The molecule has 0 heterocycles. The smallest absolute Gasteiger partial charge is 0.0482 e. The van der Waals surface area contributed by atoms with Crippen LogP contribution in [-0.4, -0.2) is 23.4 Å². The van der Waals surface area contributed by atoms with Crippen LogP contribution in [-0.2, 0) is 0 Å². The summed E-state index contributed by atoms with van der Waals surface area (Å²) >= 11 is 0. The first-order valence-corrected chi connectivity index (χ1v) is 6.05. The molecule has 0 saturated carbocycles. The lowest BCUT2D eigenvalue weighted by Crippen LogP contribution is -2.17. The third kappa shape index (κ3) is 7.80. The fourth-order valence-corrected chi connectivity index (χ4v) is 1.54. The van der Waals surface area contributed by atoms with Crippen molar-refractivity contribution in [1.29, 1.82) is 0 Å². The van der Waals surface area contributed by atoms with E-state index in [-0.39, 0.29) is 24.0 Å². The van der Waals surface area contributed by atoms with Crippen LogP contribution in [0.2, 0.25) is 0 Å². The maximum atomic E-state index is 9.08. The van der Waals surface area contributed by atoms with Crippen molar-refractivity contribution in [3.8, 4) is 0 Å². The molecule has 0 aliphatic heterocycles. The van der Waals surface area contributed by atoms with Gasteiger partial charge < -0.3 is 10.2 Å². The Morgan fingerprint density at radius 1 is 0.667 bits per heavy atom. The summed E-state index contributed by atoms with van der Waals surface area (Å²) in [5.41, 5.74) is 0.152. The average molecular weight is 216 g/mol. The molecule has 0 aromatic heterocycles. The minimum Gasteiger partial charge on any atom is -0.396 e. The summed E-state index contributed by atoms with van der Waals surface area (Å²) in [6.45, 7) is 8.95. The maximum absolute atomic E-state index is 9.08. The number of unbranched alkanes of at least 4 members (excludes halogenated alkanes) is 2. The van der Waals surface area contributed by atoms with Gasteiger partial charge in [0.2, 0.25) is 0 Å². The molecule has 0 spiro atoms. The Hall–Kier alpha value is -0.0800. The monoisotopic (exact) mass is 216 g/mol. The SMILES string of the molecule is CC(C)(CO)CCCCCC(C)(C)CO. The van der Waals surface area contributed by atoms with Gasteiger partial charge in [-0.25, -0.2) is 0 Å². The van der Waals surface area contributed by atoms with Crippen molar-refractivity contribution in [3.05, 3.63) is 0 Å². The highest BCUT2D eigenvalue weighted by Crippen LogP contribution is 2.26. The summed E-state index contributed by atoms with van der Waals surface area (Å²) in [6, 6.07) is 0. The molecule has 0 aliphatic carbocycles. The molecule has 2 nitrogen and oxygen atoms in total. The van der Waals surface area contributed by atoms with E-state index in [0.717, 1.165) is 12.8 Å². The summed E-state index contributed by atoms with van der Waals surface area (Å²) in [5.74, 6) is 0. The van der Waals surface area contributed by atoms with E-state index >= 15 is 0 Å². The quantitative estimate of drug-likeness (QED) is 0.612. The minimum atomic E-state index is 0.0759. The van der Waals surface area contributed by atoms with Crippen LogP contribution in [0.5, 0.6) is 0 Å². The van der Waals surface area contributed by atoms with Crippen molar-refractivity contribution in [2.75, 3.05) is 13.2 Å². The number of hydrogen-bond acceptors (Lipinski definition) is 2. The summed E-state index contributed by atoms with van der Waals surface area (Å²) < 4.78 is 0. The zero-order chi connectivity index (χ0) is 11.9. The number of aliphatic hydroxyl groups excluding tert-OH is 2. The molecular formula is C13H28O2. The van der Waals surface area contributed by atoms with Crippen LogP contribution >= 0.6 is 0 Å². The normalized spacial score (nSPS) is 13.2. The molecule has 0 amide bonds. The Kier molecular flexibility index (Phi) is 6.46. The summed E-state index contributed by atoms with van der Waals surface area (Å²) in [4.78, 5) is 0. The second-order valence-corrected chi connectivity index (χ2v) is 6.21. The maximum Gasteiger partial charge on any atom is 0.0482 e. The molecule has 2 heteroatoms. The molecular weight excluding hydrogens is 188 g/mol. The van der Waals surface area contributed by atoms with Gasteiger partial charge in [0.15, 0.2) is 0 Å². The first-order chi connectivity index (χ1) is 6.83. The van der Waals surface area contributed by atoms with Gasteiger partial charge in [0.1, 0.15) is 0 Å². The van der Waals surface area contributed by atoms with Gasteiger partial charge in [0, 0.05) is 13.2 Å². The molecule has 0 radical (unpaired) electrons. The lowest BCUT2D eigenvalue weighted by Gasteiger charge is -2.23. The van der Waals surface area contributed by atoms with Crippen molar-refractivity contribution in [2.24, 2.45) is 10.8 Å². The second-order valence-electron chi connectivity index (χ2n) is 6.21. The van der Waals surface area contributed by atoms with Crippen LogP contribution in [0.1, 0.15) is 59.8 Å². The van der Waals surface area contributed by atoms with Crippen molar-refractivity contribution in [3.63, 3.8) is 0 Å². The van der Waals surface area contributed by atoms with E-state index in [1.165, 1.54) is 19.3 Å². The molecule has 0 saturated heterocycles. The van der Waals surface area contributed by atoms with Crippen molar-refractivity contribution >= 4 is 0 Å². The predicted molar refractivity (Wildman–Crippen MR) is 64.8 cm³/mol. The van der Waals surface area contributed by atoms with Gasteiger partial charge in [-0.3, -0.25) is 0 Å². The van der Waals surface area contributed by atoms with E-state index in [0.29, 0.717) is 0 Å². The van der Waals surface area contributed by atoms with Crippen LogP contribution in [0.15, 0.2) is 0 Å². The summed E-state index contributed by atoms with van der Waals surface area (Å²) in [5, 5.41) is 18.2. The van der Waals surface area contributed by atoms with Crippen LogP contribution in [0, 0.1) is 10.8 Å². The lowest BCUT2D eigenvalue weighted by molar-refractivity contribution is 0.139. The Labute approximate surface area is 94.7 Å². The fourth-order valence-electron chi connectivity index (χ4n) is 1.54. The van der Waals surface area contributed by atoms with Gasteiger partial charge in [0.25, 0.3) is 0 Å². The summed E-state index contributed by atoms with van der Waals surface area (Å²) in [7, 11) is 0. The molecule has 0 aliphatic rings. The van der Waals surface area contributed by atoms with Crippen molar-refractivity contribution < 1.29 is 10.2 Å². The van der Waals surface area contributed by atoms with Crippen LogP contribution < -0.4 is 0 Å². The number of aliphatic hydroxyl groups is 2. The predicted octanol–water partition coefficient (Wildman–Crippen LogP) is 2.97. The topological polar surface area (TPSA) is 40.5 Å². The van der Waals surface area contributed by atoms with Gasteiger partial charge >= 0.3 is 0 Å². The van der Waals surface area contributed by atoms with E-state index in [1.54, 1.807) is 0 Å². The Balaban J connectivity index is 3.48. The molecule has 2 N–H and O–H groups in total. The first kappa shape index (κ1) is 14.9. The van der Waals surface area contributed by atoms with E-state index in [1.807, 2.05) is 0 Å². The van der Waals surface area contributed by atoms with Gasteiger partial charge in [-0.1, -0.05) is 47.0 Å². The zero-order valence-corrected chi connectivity index (χ0v) is 10.8. The van der Waals surface area contributed by atoms with Crippen LogP contribution in [0.3, 0.4) is 0 Å². The van der Waals surface area contributed by atoms with Gasteiger partial charge in [-0.15, -0.1) is 0 Å². The molecule has 92 valence electrons. The average Bonchev–Trinajstić information content (AvgIpc) is 2.17. The second kappa shape index (κ2) is 6.49. The van der Waals surface area contributed by atoms with Gasteiger partial charge in [-0.05, 0) is 23.7 Å². The Morgan fingerprint density at radius 3 is 1.27 bits per heavy atom. The number of rotatable bonds is 8. The van der Waals surface area contributed by atoms with Crippen LogP contribution in [0.25, 0.3) is 0 Å². The largest absolute Gasteiger partial charge is 0.396 e. The summed E-state index contributed by atoms with van der Waals surface area (Å²) in [6.07, 6.45) is 5.73. The first-order valence-electron chi connectivity index (χ1n) is 6.05. The minimum absolute atomic E-state index is 0.0759. The van der Waals surface area contributed by atoms with Crippen molar-refractivity contribution in [2.45, 2.75) is 59.8 Å². The number of hydrogen-bond donors (Lipinski definition) is 2. The lowest BCUT2D eigenvalue weighted by atomic mass is 9.85. The molecule has 15 heavy (non-hydrogen) atoms. The van der Waals surface area contributed by atoms with Gasteiger partial charge in [-0.2, -0.15) is 0 Å². The molecule has 0 bridgehead atoms. The fraction of sp³-hybridized carbons (Fsp3) is 1.00.